The molecule has 6 heteroatoms. The summed E-state index contributed by atoms with van der Waals surface area (Å²) in [6.07, 6.45) is 0. The molecule has 0 heterocycles. The molecular weight excluding hydrogens is 328 g/mol. The third kappa shape index (κ3) is 4.49. The fourth-order valence-electron chi connectivity index (χ4n) is 2.01. The molecule has 2 rings (SSSR count). The molecule has 0 aromatic heterocycles. The maximum Gasteiger partial charge on any atom is 0.267 e. The van der Waals surface area contributed by atoms with Gasteiger partial charge in [-0.25, -0.2) is 0 Å². The molecular formula is C18H19ClN2O3. The lowest BCUT2D eigenvalue weighted by molar-refractivity contribution is -0.128. The Labute approximate surface area is 146 Å². The molecule has 2 aromatic rings. The van der Waals surface area contributed by atoms with Crippen molar-refractivity contribution in [1.29, 1.82) is 0 Å². The van der Waals surface area contributed by atoms with Crippen molar-refractivity contribution in [2.24, 2.45) is 0 Å². The molecule has 2 N–H and O–H groups in total. The van der Waals surface area contributed by atoms with Gasteiger partial charge in [-0.3, -0.25) is 9.59 Å². The van der Waals surface area contributed by atoms with Crippen LogP contribution in [0.3, 0.4) is 0 Å². The van der Waals surface area contributed by atoms with Gasteiger partial charge in [0.1, 0.15) is 5.75 Å². The first kappa shape index (κ1) is 17.8. The third-order valence-corrected chi connectivity index (χ3v) is 3.60. The van der Waals surface area contributed by atoms with Crippen molar-refractivity contribution in [3.63, 3.8) is 0 Å². The van der Waals surface area contributed by atoms with Crippen molar-refractivity contribution in [3.8, 4) is 5.75 Å². The van der Waals surface area contributed by atoms with Gasteiger partial charge in [0.05, 0.1) is 0 Å². The number of amides is 2. The summed E-state index contributed by atoms with van der Waals surface area (Å²) in [4.78, 5) is 24.2. The van der Waals surface area contributed by atoms with Gasteiger partial charge in [-0.2, -0.15) is 0 Å². The lowest BCUT2D eigenvalue weighted by Gasteiger charge is -2.25. The lowest BCUT2D eigenvalue weighted by atomic mass is 10.1. The van der Waals surface area contributed by atoms with E-state index >= 15 is 0 Å². The standard InChI is InChI=1S/C18H19ClN2O3/c1-18(2,24-15-9-7-13(19)8-10-15)17(23)21-14-6-4-5-12(11-14)16(22)20-3/h4-11H,1-3H3,(H,20,22)(H,21,23). The summed E-state index contributed by atoms with van der Waals surface area (Å²) in [6.45, 7) is 3.33. The number of anilines is 1. The number of hydrogen-bond donors (Lipinski definition) is 2. The van der Waals surface area contributed by atoms with E-state index in [0.717, 1.165) is 0 Å². The lowest BCUT2D eigenvalue weighted by Crippen LogP contribution is -2.42. The van der Waals surface area contributed by atoms with Crippen molar-refractivity contribution in [2.45, 2.75) is 19.4 Å². The van der Waals surface area contributed by atoms with Gasteiger partial charge in [0, 0.05) is 23.3 Å². The van der Waals surface area contributed by atoms with Crippen LogP contribution in [0.2, 0.25) is 5.02 Å². The predicted molar refractivity (Wildman–Crippen MR) is 94.6 cm³/mol. The van der Waals surface area contributed by atoms with E-state index in [9.17, 15) is 9.59 Å². The highest BCUT2D eigenvalue weighted by molar-refractivity contribution is 6.30. The maximum absolute atomic E-state index is 12.5. The van der Waals surface area contributed by atoms with E-state index in [1.807, 2.05) is 0 Å². The van der Waals surface area contributed by atoms with Crippen molar-refractivity contribution < 1.29 is 14.3 Å². The Morgan fingerprint density at radius 2 is 1.75 bits per heavy atom. The molecule has 2 amide bonds. The quantitative estimate of drug-likeness (QED) is 0.870. The van der Waals surface area contributed by atoms with Gasteiger partial charge in [-0.15, -0.1) is 0 Å². The van der Waals surface area contributed by atoms with Crippen LogP contribution in [0.15, 0.2) is 48.5 Å². The zero-order valence-corrected chi connectivity index (χ0v) is 14.5. The monoisotopic (exact) mass is 346 g/mol. The van der Waals surface area contributed by atoms with Crippen molar-refractivity contribution in [1.82, 2.24) is 5.32 Å². The van der Waals surface area contributed by atoms with Crippen LogP contribution in [0, 0.1) is 0 Å². The topological polar surface area (TPSA) is 67.4 Å². The van der Waals surface area contributed by atoms with E-state index in [-0.39, 0.29) is 11.8 Å². The van der Waals surface area contributed by atoms with Crippen LogP contribution in [0.1, 0.15) is 24.2 Å². The molecule has 0 unspecified atom stereocenters. The second-order valence-corrected chi connectivity index (χ2v) is 6.12. The molecule has 126 valence electrons. The Morgan fingerprint density at radius 3 is 2.38 bits per heavy atom. The maximum atomic E-state index is 12.5. The second-order valence-electron chi connectivity index (χ2n) is 5.68. The summed E-state index contributed by atoms with van der Waals surface area (Å²) < 4.78 is 5.74. The van der Waals surface area contributed by atoms with Gasteiger partial charge >= 0.3 is 0 Å². The largest absolute Gasteiger partial charge is 0.478 e. The highest BCUT2D eigenvalue weighted by Crippen LogP contribution is 2.22. The number of hydrogen-bond acceptors (Lipinski definition) is 3. The van der Waals surface area contributed by atoms with Crippen LogP contribution in [0.5, 0.6) is 5.75 Å². The fraction of sp³-hybridized carbons (Fsp3) is 0.222. The number of benzene rings is 2. The number of halogens is 1. The van der Waals surface area contributed by atoms with Gasteiger partial charge in [0.2, 0.25) is 0 Å². The summed E-state index contributed by atoms with van der Waals surface area (Å²) >= 11 is 5.84. The smallest absolute Gasteiger partial charge is 0.267 e. The first-order chi connectivity index (χ1) is 11.3. The summed E-state index contributed by atoms with van der Waals surface area (Å²) in [7, 11) is 1.55. The van der Waals surface area contributed by atoms with Crippen molar-refractivity contribution in [3.05, 3.63) is 59.1 Å². The molecule has 0 atom stereocenters. The summed E-state index contributed by atoms with van der Waals surface area (Å²) in [5.74, 6) is -0.00654. The molecule has 0 spiro atoms. The Kier molecular flexibility index (Phi) is 5.46. The van der Waals surface area contributed by atoms with Gasteiger partial charge in [0.25, 0.3) is 11.8 Å². The van der Waals surface area contributed by atoms with Crippen LogP contribution < -0.4 is 15.4 Å². The fourth-order valence-corrected chi connectivity index (χ4v) is 2.13. The van der Waals surface area contributed by atoms with Gasteiger partial charge in [-0.05, 0) is 56.3 Å². The summed E-state index contributed by atoms with van der Waals surface area (Å²) in [5.41, 5.74) is -0.114. The van der Waals surface area contributed by atoms with Crippen LogP contribution in [-0.4, -0.2) is 24.5 Å². The number of carbonyl (C=O) groups excluding carboxylic acids is 2. The van der Waals surface area contributed by atoms with Crippen LogP contribution in [0.25, 0.3) is 0 Å². The molecule has 0 aliphatic carbocycles. The van der Waals surface area contributed by atoms with E-state index in [0.29, 0.717) is 22.0 Å². The Hall–Kier alpha value is -2.53. The van der Waals surface area contributed by atoms with Crippen LogP contribution >= 0.6 is 11.6 Å². The predicted octanol–water partition coefficient (Wildman–Crippen LogP) is 3.50. The van der Waals surface area contributed by atoms with Crippen LogP contribution in [0.4, 0.5) is 5.69 Å². The first-order valence-corrected chi connectivity index (χ1v) is 7.78. The number of rotatable bonds is 5. The second kappa shape index (κ2) is 7.36. The molecule has 0 saturated heterocycles. The Balaban J connectivity index is 2.10. The summed E-state index contributed by atoms with van der Waals surface area (Å²) in [5, 5.41) is 5.90. The SMILES string of the molecule is CNC(=O)c1cccc(NC(=O)C(C)(C)Oc2ccc(Cl)cc2)c1. The molecule has 0 fully saturated rings. The molecule has 2 aromatic carbocycles. The molecule has 5 nitrogen and oxygen atoms in total. The highest BCUT2D eigenvalue weighted by atomic mass is 35.5. The summed E-state index contributed by atoms with van der Waals surface area (Å²) in [6, 6.07) is 13.5. The van der Waals surface area contributed by atoms with E-state index in [4.69, 9.17) is 16.3 Å². The zero-order valence-electron chi connectivity index (χ0n) is 13.7. The molecule has 0 aliphatic heterocycles. The normalized spacial score (nSPS) is 10.8. The van der Waals surface area contributed by atoms with E-state index < -0.39 is 5.60 Å². The highest BCUT2D eigenvalue weighted by Gasteiger charge is 2.30. The number of carbonyl (C=O) groups is 2. The van der Waals surface area contributed by atoms with E-state index in [1.54, 1.807) is 69.4 Å². The van der Waals surface area contributed by atoms with Crippen LogP contribution in [-0.2, 0) is 4.79 Å². The molecule has 0 radical (unpaired) electrons. The third-order valence-electron chi connectivity index (χ3n) is 3.34. The number of nitrogens with one attached hydrogen (secondary N) is 2. The average molecular weight is 347 g/mol. The van der Waals surface area contributed by atoms with Gasteiger partial charge in [-0.1, -0.05) is 17.7 Å². The average Bonchev–Trinajstić information content (AvgIpc) is 2.56. The Morgan fingerprint density at radius 1 is 1.08 bits per heavy atom. The zero-order chi connectivity index (χ0) is 17.7. The minimum Gasteiger partial charge on any atom is -0.478 e. The minimum atomic E-state index is -1.10. The number of ether oxygens (including phenoxy) is 1. The molecule has 0 aliphatic rings. The minimum absolute atomic E-state index is 0.220. The van der Waals surface area contributed by atoms with E-state index in [1.165, 1.54) is 0 Å². The van der Waals surface area contributed by atoms with Crippen molar-refractivity contribution >= 4 is 29.1 Å². The molecule has 0 saturated carbocycles. The van der Waals surface area contributed by atoms with Crippen molar-refractivity contribution in [2.75, 3.05) is 12.4 Å². The van der Waals surface area contributed by atoms with Gasteiger partial charge in [0.15, 0.2) is 5.60 Å². The first-order valence-electron chi connectivity index (χ1n) is 7.40. The molecule has 24 heavy (non-hydrogen) atoms. The Bertz CT molecular complexity index is 742. The molecule has 0 bridgehead atoms. The van der Waals surface area contributed by atoms with E-state index in [2.05, 4.69) is 10.6 Å². The van der Waals surface area contributed by atoms with Gasteiger partial charge < -0.3 is 15.4 Å².